The summed E-state index contributed by atoms with van der Waals surface area (Å²) >= 11 is 0. The van der Waals surface area contributed by atoms with Gasteiger partial charge >= 0.3 is 0 Å². The second-order valence-electron chi connectivity index (χ2n) is 7.75. The minimum Gasteiger partial charge on any atom is -0.361 e. The van der Waals surface area contributed by atoms with Gasteiger partial charge in [0.05, 0.1) is 0 Å². The van der Waals surface area contributed by atoms with Crippen molar-refractivity contribution in [2.75, 3.05) is 18.0 Å². The Hall–Kier alpha value is -2.43. The summed E-state index contributed by atoms with van der Waals surface area (Å²) in [4.78, 5) is 14.5. The van der Waals surface area contributed by atoms with Gasteiger partial charge in [0.1, 0.15) is 5.82 Å². The third-order valence-corrected chi connectivity index (χ3v) is 6.32. The topological polar surface area (TPSA) is 44.8 Å². The number of fused-ring (bicyclic) bond motifs is 2. The fourth-order valence-corrected chi connectivity index (χ4v) is 4.99. The molecule has 1 saturated heterocycles. The van der Waals surface area contributed by atoms with Gasteiger partial charge in [0, 0.05) is 42.6 Å². The lowest BCUT2D eigenvalue weighted by Gasteiger charge is -2.43. The van der Waals surface area contributed by atoms with Crippen LogP contribution >= 0.6 is 0 Å². The van der Waals surface area contributed by atoms with Gasteiger partial charge in [0.2, 0.25) is 5.95 Å². The lowest BCUT2D eigenvalue weighted by atomic mass is 9.69. The molecule has 5 heteroatoms. The summed E-state index contributed by atoms with van der Waals surface area (Å²) in [5.74, 6) is 2.70. The molecule has 26 heavy (non-hydrogen) atoms. The smallest absolute Gasteiger partial charge is 0.225 e. The third-order valence-electron chi connectivity index (χ3n) is 6.32. The van der Waals surface area contributed by atoms with Gasteiger partial charge in [-0.3, -0.25) is 0 Å². The van der Waals surface area contributed by atoms with Crippen LogP contribution in [0.15, 0.2) is 42.9 Å². The maximum atomic E-state index is 13.7. The predicted molar refractivity (Wildman–Crippen MR) is 101 cm³/mol. The number of nitrogens with one attached hydrogen (secondary N) is 1. The molecule has 2 aromatic heterocycles. The summed E-state index contributed by atoms with van der Waals surface area (Å²) in [7, 11) is 0. The second kappa shape index (κ2) is 6.38. The van der Waals surface area contributed by atoms with E-state index in [2.05, 4.69) is 26.0 Å². The normalized spacial score (nSPS) is 26.0. The highest BCUT2D eigenvalue weighted by atomic mass is 19.1. The zero-order chi connectivity index (χ0) is 17.5. The first-order valence-electron chi connectivity index (χ1n) is 9.56. The molecule has 2 fully saturated rings. The Morgan fingerprint density at radius 2 is 1.96 bits per heavy atom. The van der Waals surface area contributed by atoms with Crippen LogP contribution in [0.3, 0.4) is 0 Å². The van der Waals surface area contributed by atoms with Gasteiger partial charge < -0.3 is 9.88 Å². The molecule has 1 aromatic carbocycles. The van der Waals surface area contributed by atoms with Crippen LogP contribution in [0.5, 0.6) is 0 Å². The van der Waals surface area contributed by atoms with Gasteiger partial charge in [-0.1, -0.05) is 0 Å². The van der Waals surface area contributed by atoms with Gasteiger partial charge in [-0.15, -0.1) is 0 Å². The Balaban J connectivity index is 1.33. The molecule has 0 radical (unpaired) electrons. The summed E-state index contributed by atoms with van der Waals surface area (Å²) in [6.45, 7) is 2.09. The van der Waals surface area contributed by atoms with Crippen molar-refractivity contribution >= 4 is 16.9 Å². The van der Waals surface area contributed by atoms with Crippen LogP contribution in [0.2, 0.25) is 0 Å². The van der Waals surface area contributed by atoms with E-state index in [0.717, 1.165) is 35.9 Å². The fourth-order valence-electron chi connectivity index (χ4n) is 4.99. The number of benzene rings is 1. The Bertz CT molecular complexity index is 907. The summed E-state index contributed by atoms with van der Waals surface area (Å²) in [5, 5.41) is 1.06. The summed E-state index contributed by atoms with van der Waals surface area (Å²) < 4.78 is 13.7. The minimum atomic E-state index is -0.150. The van der Waals surface area contributed by atoms with Crippen LogP contribution in [0.25, 0.3) is 10.9 Å². The van der Waals surface area contributed by atoms with E-state index >= 15 is 0 Å². The Labute approximate surface area is 152 Å². The van der Waals surface area contributed by atoms with Gasteiger partial charge in [-0.25, -0.2) is 14.4 Å². The van der Waals surface area contributed by atoms with Crippen LogP contribution in [0.1, 0.15) is 37.2 Å². The quantitative estimate of drug-likeness (QED) is 0.740. The van der Waals surface area contributed by atoms with Gasteiger partial charge in [-0.2, -0.15) is 0 Å². The Kier molecular flexibility index (Phi) is 3.88. The van der Waals surface area contributed by atoms with Gasteiger partial charge in [-0.05, 0) is 73.3 Å². The molecular weight excluding hydrogens is 327 g/mol. The van der Waals surface area contributed by atoms with E-state index in [0.29, 0.717) is 11.8 Å². The van der Waals surface area contributed by atoms with E-state index in [-0.39, 0.29) is 5.82 Å². The number of rotatable bonds is 2. The average Bonchev–Trinajstić information content (AvgIpc) is 3.11. The van der Waals surface area contributed by atoms with Crippen molar-refractivity contribution in [3.05, 3.63) is 54.2 Å². The van der Waals surface area contributed by atoms with Crippen LogP contribution < -0.4 is 4.90 Å². The van der Waals surface area contributed by atoms with Crippen molar-refractivity contribution in [3.63, 3.8) is 0 Å². The number of halogens is 1. The van der Waals surface area contributed by atoms with E-state index in [1.165, 1.54) is 37.3 Å². The van der Waals surface area contributed by atoms with Crippen molar-refractivity contribution < 1.29 is 4.39 Å². The summed E-state index contributed by atoms with van der Waals surface area (Å²) in [5.41, 5.74) is 2.34. The molecule has 4 nitrogen and oxygen atoms in total. The number of hydrogen-bond donors (Lipinski definition) is 1. The molecule has 3 heterocycles. The first kappa shape index (κ1) is 15.8. The van der Waals surface area contributed by atoms with Crippen molar-refractivity contribution in [2.24, 2.45) is 11.8 Å². The number of anilines is 1. The van der Waals surface area contributed by atoms with Crippen LogP contribution in [0, 0.1) is 17.7 Å². The SMILES string of the molecule is Fc1ccc2[nH]cc(C3CCC4CN(c5ncccn5)CCC4C3)c2c1. The first-order chi connectivity index (χ1) is 12.8. The van der Waals surface area contributed by atoms with Crippen molar-refractivity contribution in [1.82, 2.24) is 15.0 Å². The van der Waals surface area contributed by atoms with Crippen LogP contribution in [-0.2, 0) is 0 Å². The molecule has 134 valence electrons. The molecular formula is C21H23FN4. The largest absolute Gasteiger partial charge is 0.361 e. The van der Waals surface area contributed by atoms with E-state index in [4.69, 9.17) is 0 Å². The molecule has 5 rings (SSSR count). The number of H-pyrrole nitrogens is 1. The zero-order valence-electron chi connectivity index (χ0n) is 14.7. The van der Waals surface area contributed by atoms with E-state index in [1.54, 1.807) is 6.07 Å². The highest BCUT2D eigenvalue weighted by molar-refractivity contribution is 5.83. The van der Waals surface area contributed by atoms with Gasteiger partial charge in [0.25, 0.3) is 0 Å². The van der Waals surface area contributed by atoms with E-state index < -0.39 is 0 Å². The molecule has 0 amide bonds. The number of piperidine rings is 1. The Morgan fingerprint density at radius 3 is 2.85 bits per heavy atom. The monoisotopic (exact) mass is 350 g/mol. The molecule has 0 bridgehead atoms. The van der Waals surface area contributed by atoms with E-state index in [1.807, 2.05) is 24.5 Å². The highest BCUT2D eigenvalue weighted by Crippen LogP contribution is 2.45. The molecule has 3 aromatic rings. The summed E-state index contributed by atoms with van der Waals surface area (Å²) in [6, 6.07) is 6.92. The van der Waals surface area contributed by atoms with Crippen LogP contribution in [-0.4, -0.2) is 28.0 Å². The molecule has 3 atom stereocenters. The lowest BCUT2D eigenvalue weighted by Crippen LogP contribution is -2.43. The number of nitrogens with zero attached hydrogens (tertiary/aromatic N) is 3. The number of aromatic nitrogens is 3. The molecule has 2 aliphatic rings. The fraction of sp³-hybridized carbons (Fsp3) is 0.429. The maximum Gasteiger partial charge on any atom is 0.225 e. The lowest BCUT2D eigenvalue weighted by molar-refractivity contribution is 0.183. The molecule has 1 aliphatic heterocycles. The predicted octanol–water partition coefficient (Wildman–Crippen LogP) is 4.51. The minimum absolute atomic E-state index is 0.150. The molecule has 1 saturated carbocycles. The van der Waals surface area contributed by atoms with Crippen LogP contribution in [0.4, 0.5) is 10.3 Å². The third kappa shape index (κ3) is 2.75. The van der Waals surface area contributed by atoms with Gasteiger partial charge in [0.15, 0.2) is 0 Å². The number of aromatic amines is 1. The average molecular weight is 350 g/mol. The van der Waals surface area contributed by atoms with Crippen molar-refractivity contribution in [3.8, 4) is 0 Å². The van der Waals surface area contributed by atoms with Crippen molar-refractivity contribution in [2.45, 2.75) is 31.6 Å². The Morgan fingerprint density at radius 1 is 1.08 bits per heavy atom. The van der Waals surface area contributed by atoms with E-state index in [9.17, 15) is 4.39 Å². The standard InChI is InChI=1S/C21H23FN4/c22-17-4-5-20-18(11-17)19(12-25-20)15-2-3-16-13-26(9-6-14(16)10-15)21-23-7-1-8-24-21/h1,4-5,7-8,11-12,14-16,25H,2-3,6,9-10,13H2. The number of hydrogen-bond acceptors (Lipinski definition) is 3. The molecule has 0 spiro atoms. The second-order valence-corrected chi connectivity index (χ2v) is 7.75. The molecule has 1 N–H and O–H groups in total. The summed E-state index contributed by atoms with van der Waals surface area (Å²) in [6.07, 6.45) is 10.5. The maximum absolute atomic E-state index is 13.7. The molecule has 3 unspecified atom stereocenters. The molecule has 1 aliphatic carbocycles. The van der Waals surface area contributed by atoms with Crippen molar-refractivity contribution in [1.29, 1.82) is 0 Å². The highest BCUT2D eigenvalue weighted by Gasteiger charge is 2.36. The zero-order valence-corrected chi connectivity index (χ0v) is 14.7. The first-order valence-corrected chi connectivity index (χ1v) is 9.56.